The summed E-state index contributed by atoms with van der Waals surface area (Å²) >= 11 is 0. The van der Waals surface area contributed by atoms with E-state index in [0.29, 0.717) is 49.1 Å². The highest BCUT2D eigenvalue weighted by atomic mass is 19.1. The van der Waals surface area contributed by atoms with Crippen LogP contribution in [0.4, 0.5) is 4.39 Å². The number of aryl methyl sites for hydroxylation is 1. The van der Waals surface area contributed by atoms with Gasteiger partial charge in [0.1, 0.15) is 17.6 Å². The number of amides is 3. The molecule has 11 heteroatoms. The highest BCUT2D eigenvalue weighted by Gasteiger charge is 2.36. The smallest absolute Gasteiger partial charge is 0.270 e. The average molecular weight is 727 g/mol. The fourth-order valence-corrected chi connectivity index (χ4v) is 7.94. The summed E-state index contributed by atoms with van der Waals surface area (Å²) in [6.07, 6.45) is 7.39. The number of hydrogen-bond acceptors (Lipinski definition) is 6. The Morgan fingerprint density at radius 1 is 0.906 bits per heavy atom. The second-order valence-electron chi connectivity index (χ2n) is 15.6. The van der Waals surface area contributed by atoms with E-state index in [0.717, 1.165) is 58.2 Å². The highest BCUT2D eigenvalue weighted by Crippen LogP contribution is 2.33. The molecule has 2 aliphatic carbocycles. The Bertz CT molecular complexity index is 1730. The predicted octanol–water partition coefficient (Wildman–Crippen LogP) is 5.51. The SMILES string of the molecule is CCn1nccc1C(=O)N[C@H](C(=O)Cc1ccc([C@H](C)[C@@H](NC(=O)CC2CC2)C(=O)N2CCN(Cc3ccccc3)CC2)cc1F)C1CCC(C)CC1. The van der Waals surface area contributed by atoms with Crippen molar-refractivity contribution in [2.24, 2.45) is 17.8 Å². The monoisotopic (exact) mass is 726 g/mol. The maximum Gasteiger partial charge on any atom is 0.270 e. The van der Waals surface area contributed by atoms with Crippen molar-refractivity contribution in [2.45, 2.75) is 103 Å². The second-order valence-corrected chi connectivity index (χ2v) is 15.6. The van der Waals surface area contributed by atoms with Crippen molar-refractivity contribution >= 4 is 23.5 Å². The molecule has 2 heterocycles. The first-order valence-electron chi connectivity index (χ1n) is 19.6. The van der Waals surface area contributed by atoms with Gasteiger partial charge in [-0.2, -0.15) is 5.10 Å². The largest absolute Gasteiger partial charge is 0.344 e. The Hall–Kier alpha value is -4.38. The van der Waals surface area contributed by atoms with Gasteiger partial charge < -0.3 is 15.5 Å². The van der Waals surface area contributed by atoms with E-state index in [4.69, 9.17) is 0 Å². The summed E-state index contributed by atoms with van der Waals surface area (Å²) in [5.41, 5.74) is 2.43. The van der Waals surface area contributed by atoms with Crippen molar-refractivity contribution in [1.29, 1.82) is 0 Å². The number of Topliss-reactive ketones (excluding diaryl/α,β-unsaturated/α-hetero) is 1. The van der Waals surface area contributed by atoms with Gasteiger partial charge in [-0.3, -0.25) is 28.8 Å². The van der Waals surface area contributed by atoms with Crippen LogP contribution in [0, 0.1) is 23.6 Å². The van der Waals surface area contributed by atoms with Gasteiger partial charge in [0.05, 0.1) is 6.04 Å². The van der Waals surface area contributed by atoms with Crippen LogP contribution in [0.1, 0.15) is 98.8 Å². The molecule has 1 aromatic heterocycles. The van der Waals surface area contributed by atoms with E-state index >= 15 is 4.39 Å². The third kappa shape index (κ3) is 9.99. The molecule has 3 amide bonds. The van der Waals surface area contributed by atoms with Gasteiger partial charge in [0.25, 0.3) is 5.91 Å². The molecule has 0 bridgehead atoms. The van der Waals surface area contributed by atoms with Crippen molar-refractivity contribution in [2.75, 3.05) is 26.2 Å². The zero-order chi connectivity index (χ0) is 37.5. The molecule has 284 valence electrons. The van der Waals surface area contributed by atoms with Gasteiger partial charge in [-0.25, -0.2) is 4.39 Å². The quantitative estimate of drug-likeness (QED) is 0.214. The van der Waals surface area contributed by atoms with Crippen LogP contribution >= 0.6 is 0 Å². The number of piperazine rings is 1. The van der Waals surface area contributed by atoms with E-state index in [1.165, 1.54) is 11.6 Å². The number of carbonyl (C=O) groups excluding carboxylic acids is 4. The molecule has 1 saturated heterocycles. The summed E-state index contributed by atoms with van der Waals surface area (Å²) in [6, 6.07) is 15.1. The molecule has 0 radical (unpaired) electrons. The van der Waals surface area contributed by atoms with Gasteiger partial charge in [0, 0.05) is 64.2 Å². The van der Waals surface area contributed by atoms with Crippen molar-refractivity contribution in [3.8, 4) is 0 Å². The fourth-order valence-electron chi connectivity index (χ4n) is 7.94. The van der Waals surface area contributed by atoms with Crippen LogP contribution in [0.3, 0.4) is 0 Å². The van der Waals surface area contributed by atoms with Crippen LogP contribution in [0.25, 0.3) is 0 Å². The van der Waals surface area contributed by atoms with Crippen LogP contribution in [-0.2, 0) is 33.9 Å². The number of aromatic nitrogens is 2. The van der Waals surface area contributed by atoms with Crippen LogP contribution in [-0.4, -0.2) is 81.3 Å². The standard InChI is InChI=1S/C42H55FN6O4/c1-4-49-36(18-19-44-49)41(52)46-40(32-14-10-28(2)11-15-32)37(50)26-34-17-16-33(25-35(34)43)29(3)39(45-38(51)24-30-12-13-30)42(53)48-22-20-47(21-23-48)27-31-8-6-5-7-9-31/h5-9,16-19,25,28-30,32,39-40H,4,10-15,20-24,26-27H2,1-3H3,(H,45,51)(H,46,52)/t28?,29-,32?,39+,40-/m0/s1. The third-order valence-corrected chi connectivity index (χ3v) is 11.6. The molecular formula is C42H55FN6O4. The minimum Gasteiger partial charge on any atom is -0.344 e. The third-order valence-electron chi connectivity index (χ3n) is 11.6. The number of rotatable bonds is 15. The summed E-state index contributed by atoms with van der Waals surface area (Å²) in [7, 11) is 0. The van der Waals surface area contributed by atoms with Gasteiger partial charge in [-0.15, -0.1) is 0 Å². The van der Waals surface area contributed by atoms with E-state index in [-0.39, 0.29) is 41.4 Å². The maximum absolute atomic E-state index is 16.0. The molecule has 2 saturated carbocycles. The Labute approximate surface area is 312 Å². The number of carbonyl (C=O) groups is 4. The van der Waals surface area contributed by atoms with Gasteiger partial charge in [0.15, 0.2) is 5.78 Å². The van der Waals surface area contributed by atoms with Crippen LogP contribution in [0.2, 0.25) is 0 Å². The molecule has 0 spiro atoms. The van der Waals surface area contributed by atoms with Crippen molar-refractivity contribution in [3.05, 3.63) is 89.0 Å². The molecule has 1 aliphatic heterocycles. The maximum atomic E-state index is 16.0. The average Bonchev–Trinajstić information content (AvgIpc) is 3.84. The predicted molar refractivity (Wildman–Crippen MR) is 201 cm³/mol. The summed E-state index contributed by atoms with van der Waals surface area (Å²) in [5, 5.41) is 10.2. The number of nitrogens with one attached hydrogen (secondary N) is 2. The molecule has 3 aliphatic rings. The summed E-state index contributed by atoms with van der Waals surface area (Å²) in [5.74, 6) is -1.07. The van der Waals surface area contributed by atoms with Gasteiger partial charge in [-0.1, -0.05) is 69.2 Å². The number of halogens is 1. The highest BCUT2D eigenvalue weighted by molar-refractivity contribution is 5.97. The Morgan fingerprint density at radius 3 is 2.28 bits per heavy atom. The van der Waals surface area contributed by atoms with Crippen molar-refractivity contribution in [1.82, 2.24) is 30.2 Å². The molecule has 53 heavy (non-hydrogen) atoms. The number of hydrogen-bond donors (Lipinski definition) is 2. The zero-order valence-electron chi connectivity index (χ0n) is 31.4. The Morgan fingerprint density at radius 2 is 1.62 bits per heavy atom. The lowest BCUT2D eigenvalue weighted by Gasteiger charge is -2.38. The molecule has 3 aromatic rings. The molecule has 3 fully saturated rings. The van der Waals surface area contributed by atoms with Crippen LogP contribution in [0.15, 0.2) is 60.8 Å². The molecule has 0 unspecified atom stereocenters. The first-order valence-corrected chi connectivity index (χ1v) is 19.6. The Kier molecular flexibility index (Phi) is 12.8. The fraction of sp³-hybridized carbons (Fsp3) is 0.548. The molecule has 2 N–H and O–H groups in total. The number of benzene rings is 2. The van der Waals surface area contributed by atoms with E-state index in [1.807, 2.05) is 36.9 Å². The first-order chi connectivity index (χ1) is 25.6. The molecule has 3 atom stereocenters. The lowest BCUT2D eigenvalue weighted by atomic mass is 9.77. The lowest BCUT2D eigenvalue weighted by Crippen LogP contribution is -2.56. The van der Waals surface area contributed by atoms with E-state index in [9.17, 15) is 19.2 Å². The van der Waals surface area contributed by atoms with Crippen LogP contribution < -0.4 is 10.6 Å². The Balaban J connectivity index is 1.14. The molecule has 6 rings (SSSR count). The molecule has 10 nitrogen and oxygen atoms in total. The number of nitrogens with zero attached hydrogens (tertiary/aromatic N) is 4. The minimum atomic E-state index is -0.848. The second kappa shape index (κ2) is 17.6. The van der Waals surface area contributed by atoms with Crippen molar-refractivity contribution in [3.63, 3.8) is 0 Å². The zero-order valence-corrected chi connectivity index (χ0v) is 31.4. The van der Waals surface area contributed by atoms with E-state index in [1.54, 1.807) is 29.1 Å². The van der Waals surface area contributed by atoms with Gasteiger partial charge >= 0.3 is 0 Å². The topological polar surface area (TPSA) is 117 Å². The number of ketones is 1. The van der Waals surface area contributed by atoms with Gasteiger partial charge in [-0.05, 0) is 79.2 Å². The summed E-state index contributed by atoms with van der Waals surface area (Å²) < 4.78 is 17.6. The molecule has 2 aromatic carbocycles. The van der Waals surface area contributed by atoms with E-state index < -0.39 is 23.8 Å². The lowest BCUT2D eigenvalue weighted by molar-refractivity contribution is -0.138. The van der Waals surface area contributed by atoms with E-state index in [2.05, 4.69) is 39.7 Å². The van der Waals surface area contributed by atoms with Crippen molar-refractivity contribution < 1.29 is 23.6 Å². The normalized spacial score (nSPS) is 21.0. The van der Waals surface area contributed by atoms with Gasteiger partial charge in [0.2, 0.25) is 11.8 Å². The summed E-state index contributed by atoms with van der Waals surface area (Å²) in [6.45, 7) is 9.81. The minimum absolute atomic E-state index is 0.0331. The van der Waals surface area contributed by atoms with Crippen LogP contribution in [0.5, 0.6) is 0 Å². The summed E-state index contributed by atoms with van der Waals surface area (Å²) in [4.78, 5) is 58.6. The first kappa shape index (κ1) is 38.3. The molecular weight excluding hydrogens is 671 g/mol.